The minimum Gasteiger partial charge on any atom is -0.377 e. The van der Waals surface area contributed by atoms with Crippen LogP contribution >= 0.6 is 0 Å². The van der Waals surface area contributed by atoms with Crippen molar-refractivity contribution in [3.63, 3.8) is 0 Å². The Morgan fingerprint density at radius 2 is 2.32 bits per heavy atom. The van der Waals surface area contributed by atoms with Crippen LogP contribution in [0.2, 0.25) is 0 Å². The first-order valence-corrected chi connectivity index (χ1v) is 6.49. The molecular formula is C13H21N3O3. The molecule has 1 heterocycles. The summed E-state index contributed by atoms with van der Waals surface area (Å²) in [6.07, 6.45) is 5.96. The van der Waals surface area contributed by atoms with Crippen LogP contribution in [0.1, 0.15) is 13.3 Å². The Labute approximate surface area is 113 Å². The SMILES string of the molecule is C#CCNCC(=O)N1CCOCC1C(=O)NCCC. The molecule has 0 radical (unpaired) electrons. The number of nitrogens with zero attached hydrogens (tertiary/aromatic N) is 1. The summed E-state index contributed by atoms with van der Waals surface area (Å²) in [6.45, 7) is 4.19. The van der Waals surface area contributed by atoms with Gasteiger partial charge in [-0.15, -0.1) is 6.42 Å². The van der Waals surface area contributed by atoms with Crippen molar-refractivity contribution in [3.8, 4) is 12.3 Å². The largest absolute Gasteiger partial charge is 0.377 e. The highest BCUT2D eigenvalue weighted by atomic mass is 16.5. The van der Waals surface area contributed by atoms with Gasteiger partial charge in [-0.05, 0) is 6.42 Å². The molecule has 0 aliphatic carbocycles. The summed E-state index contributed by atoms with van der Waals surface area (Å²) in [7, 11) is 0. The maximum absolute atomic E-state index is 12.0. The number of rotatable bonds is 6. The molecule has 6 heteroatoms. The van der Waals surface area contributed by atoms with Gasteiger partial charge in [0.15, 0.2) is 0 Å². The summed E-state index contributed by atoms with van der Waals surface area (Å²) in [5.74, 6) is 2.11. The van der Waals surface area contributed by atoms with E-state index < -0.39 is 6.04 Å². The maximum atomic E-state index is 12.0. The van der Waals surface area contributed by atoms with E-state index in [9.17, 15) is 9.59 Å². The molecule has 6 nitrogen and oxygen atoms in total. The minimum atomic E-state index is -0.541. The van der Waals surface area contributed by atoms with Crippen molar-refractivity contribution in [1.29, 1.82) is 0 Å². The van der Waals surface area contributed by atoms with Gasteiger partial charge in [0.25, 0.3) is 0 Å². The number of nitrogens with one attached hydrogen (secondary N) is 2. The number of terminal acetylenes is 1. The molecule has 1 atom stereocenters. The molecule has 0 aromatic carbocycles. The lowest BCUT2D eigenvalue weighted by atomic mass is 10.2. The van der Waals surface area contributed by atoms with E-state index in [1.54, 1.807) is 4.90 Å². The topological polar surface area (TPSA) is 70.7 Å². The van der Waals surface area contributed by atoms with E-state index in [1.807, 2.05) is 6.92 Å². The Bertz CT molecular complexity index is 352. The van der Waals surface area contributed by atoms with Crippen molar-refractivity contribution in [3.05, 3.63) is 0 Å². The molecule has 1 fully saturated rings. The molecule has 106 valence electrons. The average Bonchev–Trinajstić information content (AvgIpc) is 2.45. The summed E-state index contributed by atoms with van der Waals surface area (Å²) >= 11 is 0. The zero-order chi connectivity index (χ0) is 14.1. The fraction of sp³-hybridized carbons (Fsp3) is 0.692. The number of morpholine rings is 1. The molecule has 2 amide bonds. The Kier molecular flexibility index (Phi) is 6.93. The first-order valence-electron chi connectivity index (χ1n) is 6.49. The molecule has 1 aliphatic rings. The monoisotopic (exact) mass is 267 g/mol. The van der Waals surface area contributed by atoms with Gasteiger partial charge < -0.3 is 15.0 Å². The maximum Gasteiger partial charge on any atom is 0.245 e. The summed E-state index contributed by atoms with van der Waals surface area (Å²) < 4.78 is 5.28. The van der Waals surface area contributed by atoms with Crippen LogP contribution in [0.5, 0.6) is 0 Å². The Morgan fingerprint density at radius 3 is 3.00 bits per heavy atom. The number of amides is 2. The van der Waals surface area contributed by atoms with Crippen LogP contribution in [-0.2, 0) is 14.3 Å². The van der Waals surface area contributed by atoms with Crippen molar-refractivity contribution in [2.75, 3.05) is 39.4 Å². The van der Waals surface area contributed by atoms with Crippen LogP contribution in [-0.4, -0.2) is 62.1 Å². The molecule has 1 unspecified atom stereocenters. The molecule has 0 saturated carbocycles. The number of carbonyl (C=O) groups is 2. The van der Waals surface area contributed by atoms with E-state index in [-0.39, 0.29) is 25.0 Å². The molecule has 0 spiro atoms. The molecule has 0 aromatic rings. The van der Waals surface area contributed by atoms with Gasteiger partial charge in [0.05, 0.1) is 26.3 Å². The fourth-order valence-corrected chi connectivity index (χ4v) is 1.83. The predicted molar refractivity (Wildman–Crippen MR) is 71.3 cm³/mol. The molecule has 1 saturated heterocycles. The van der Waals surface area contributed by atoms with E-state index in [0.29, 0.717) is 26.2 Å². The van der Waals surface area contributed by atoms with E-state index in [1.165, 1.54) is 0 Å². The third-order valence-electron chi connectivity index (χ3n) is 2.80. The fourth-order valence-electron chi connectivity index (χ4n) is 1.83. The highest BCUT2D eigenvalue weighted by molar-refractivity contribution is 5.88. The zero-order valence-corrected chi connectivity index (χ0v) is 11.3. The van der Waals surface area contributed by atoms with Crippen LogP contribution in [0.4, 0.5) is 0 Å². The van der Waals surface area contributed by atoms with Crippen molar-refractivity contribution in [1.82, 2.24) is 15.5 Å². The minimum absolute atomic E-state index is 0.129. The standard InChI is InChI=1S/C13H21N3O3/c1-3-5-14-9-12(17)16-7-8-19-10-11(16)13(18)15-6-4-2/h1,11,14H,4-10H2,2H3,(H,15,18). The molecule has 1 rings (SSSR count). The number of hydrogen-bond acceptors (Lipinski definition) is 4. The second kappa shape index (κ2) is 8.51. The molecule has 0 bridgehead atoms. The number of ether oxygens (including phenoxy) is 1. The summed E-state index contributed by atoms with van der Waals surface area (Å²) in [5.41, 5.74) is 0. The zero-order valence-electron chi connectivity index (χ0n) is 11.3. The van der Waals surface area contributed by atoms with E-state index in [0.717, 1.165) is 6.42 Å². The van der Waals surface area contributed by atoms with Crippen LogP contribution in [0, 0.1) is 12.3 Å². The predicted octanol–water partition coefficient (Wildman–Crippen LogP) is -1.04. The third-order valence-corrected chi connectivity index (χ3v) is 2.80. The average molecular weight is 267 g/mol. The highest BCUT2D eigenvalue weighted by Crippen LogP contribution is 2.07. The summed E-state index contributed by atoms with van der Waals surface area (Å²) in [6, 6.07) is -0.541. The second-order valence-electron chi connectivity index (χ2n) is 4.28. The Hall–Kier alpha value is -1.58. The van der Waals surface area contributed by atoms with Crippen LogP contribution < -0.4 is 10.6 Å². The van der Waals surface area contributed by atoms with Crippen LogP contribution in [0.25, 0.3) is 0 Å². The number of carbonyl (C=O) groups excluding carboxylic acids is 2. The molecule has 2 N–H and O–H groups in total. The lowest BCUT2D eigenvalue weighted by molar-refractivity contribution is -0.147. The van der Waals surface area contributed by atoms with Gasteiger partial charge in [-0.25, -0.2) is 0 Å². The Morgan fingerprint density at radius 1 is 1.53 bits per heavy atom. The molecule has 0 aromatic heterocycles. The summed E-state index contributed by atoms with van der Waals surface area (Å²) in [4.78, 5) is 25.5. The van der Waals surface area contributed by atoms with Crippen LogP contribution in [0.3, 0.4) is 0 Å². The van der Waals surface area contributed by atoms with Crippen molar-refractivity contribution >= 4 is 11.8 Å². The lowest BCUT2D eigenvalue weighted by Crippen LogP contribution is -2.57. The van der Waals surface area contributed by atoms with E-state index in [2.05, 4.69) is 16.6 Å². The normalized spacial score (nSPS) is 18.7. The summed E-state index contributed by atoms with van der Waals surface area (Å²) in [5, 5.41) is 5.62. The first-order chi connectivity index (χ1) is 9.20. The molecular weight excluding hydrogens is 246 g/mol. The highest BCUT2D eigenvalue weighted by Gasteiger charge is 2.32. The third kappa shape index (κ3) is 4.89. The van der Waals surface area contributed by atoms with E-state index >= 15 is 0 Å². The van der Waals surface area contributed by atoms with Gasteiger partial charge in [-0.3, -0.25) is 14.9 Å². The van der Waals surface area contributed by atoms with Crippen LogP contribution in [0.15, 0.2) is 0 Å². The van der Waals surface area contributed by atoms with Gasteiger partial charge in [0.2, 0.25) is 11.8 Å². The smallest absolute Gasteiger partial charge is 0.245 e. The van der Waals surface area contributed by atoms with Gasteiger partial charge in [-0.1, -0.05) is 12.8 Å². The first kappa shape index (κ1) is 15.5. The van der Waals surface area contributed by atoms with Gasteiger partial charge in [0.1, 0.15) is 6.04 Å². The van der Waals surface area contributed by atoms with Gasteiger partial charge >= 0.3 is 0 Å². The Balaban J connectivity index is 2.54. The number of hydrogen-bond donors (Lipinski definition) is 2. The van der Waals surface area contributed by atoms with E-state index in [4.69, 9.17) is 11.2 Å². The van der Waals surface area contributed by atoms with Crippen molar-refractivity contribution in [2.45, 2.75) is 19.4 Å². The van der Waals surface area contributed by atoms with Crippen molar-refractivity contribution < 1.29 is 14.3 Å². The van der Waals surface area contributed by atoms with Gasteiger partial charge in [-0.2, -0.15) is 0 Å². The quantitative estimate of drug-likeness (QED) is 0.476. The lowest BCUT2D eigenvalue weighted by Gasteiger charge is -2.34. The second-order valence-corrected chi connectivity index (χ2v) is 4.28. The molecule has 1 aliphatic heterocycles. The molecule has 19 heavy (non-hydrogen) atoms. The van der Waals surface area contributed by atoms with Gasteiger partial charge in [0, 0.05) is 13.1 Å². The van der Waals surface area contributed by atoms with Crippen molar-refractivity contribution in [2.24, 2.45) is 0 Å².